The van der Waals surface area contributed by atoms with Crippen molar-refractivity contribution in [1.29, 1.82) is 0 Å². The van der Waals surface area contributed by atoms with Crippen LogP contribution in [0.15, 0.2) is 12.1 Å². The fourth-order valence-corrected chi connectivity index (χ4v) is 1.41. The number of aromatic nitrogens is 1. The van der Waals surface area contributed by atoms with Crippen molar-refractivity contribution >= 4 is 34.9 Å². The lowest BCUT2D eigenvalue weighted by atomic mass is 10.4. The molecule has 72 valence electrons. The maximum absolute atomic E-state index is 5.73. The lowest BCUT2D eigenvalue weighted by molar-refractivity contribution is 1.17. The van der Waals surface area contributed by atoms with Gasteiger partial charge in [-0.2, -0.15) is 11.8 Å². The lowest BCUT2D eigenvalue weighted by Crippen LogP contribution is -2.05. The molecule has 3 nitrogen and oxygen atoms in total. The van der Waals surface area contributed by atoms with E-state index in [9.17, 15) is 0 Å². The molecule has 1 rings (SSSR count). The highest BCUT2D eigenvalue weighted by molar-refractivity contribution is 7.98. The third-order valence-electron chi connectivity index (χ3n) is 1.43. The molecule has 13 heavy (non-hydrogen) atoms. The highest BCUT2D eigenvalue weighted by atomic mass is 35.5. The monoisotopic (exact) mass is 217 g/mol. The van der Waals surface area contributed by atoms with Gasteiger partial charge >= 0.3 is 0 Å². The Balaban J connectivity index is 2.56. The number of thioether (sulfide) groups is 1. The van der Waals surface area contributed by atoms with Crippen LogP contribution in [-0.2, 0) is 0 Å². The smallest absolute Gasteiger partial charge is 0.133 e. The molecule has 0 bridgehead atoms. The molecule has 5 heteroatoms. The fraction of sp³-hybridized carbons (Fsp3) is 0.375. The predicted molar refractivity (Wildman–Crippen MR) is 60.5 cm³/mol. The van der Waals surface area contributed by atoms with E-state index >= 15 is 0 Å². The van der Waals surface area contributed by atoms with Gasteiger partial charge in [-0.15, -0.1) is 0 Å². The van der Waals surface area contributed by atoms with E-state index in [0.29, 0.717) is 10.8 Å². The Hall–Kier alpha value is -0.610. The van der Waals surface area contributed by atoms with Crippen LogP contribution >= 0.6 is 23.4 Å². The van der Waals surface area contributed by atoms with Crippen LogP contribution in [0.1, 0.15) is 0 Å². The fourth-order valence-electron chi connectivity index (χ4n) is 0.888. The van der Waals surface area contributed by atoms with Crippen LogP contribution in [0.5, 0.6) is 0 Å². The van der Waals surface area contributed by atoms with E-state index < -0.39 is 0 Å². The number of nitrogens with one attached hydrogen (secondary N) is 1. The quantitative estimate of drug-likeness (QED) is 0.599. The number of hydrogen-bond donors (Lipinski definition) is 2. The molecule has 1 heterocycles. The minimum Gasteiger partial charge on any atom is -0.399 e. The number of halogens is 1. The van der Waals surface area contributed by atoms with Gasteiger partial charge in [0.25, 0.3) is 0 Å². The number of anilines is 2. The second kappa shape index (κ2) is 5.19. The summed E-state index contributed by atoms with van der Waals surface area (Å²) in [7, 11) is 0. The summed E-state index contributed by atoms with van der Waals surface area (Å²) >= 11 is 7.50. The Bertz CT molecular complexity index is 260. The molecule has 3 N–H and O–H groups in total. The van der Waals surface area contributed by atoms with E-state index in [4.69, 9.17) is 17.3 Å². The van der Waals surface area contributed by atoms with Gasteiger partial charge in [0.1, 0.15) is 11.0 Å². The largest absolute Gasteiger partial charge is 0.399 e. The minimum atomic E-state index is 0.423. The van der Waals surface area contributed by atoms with Crippen molar-refractivity contribution in [3.8, 4) is 0 Å². The lowest BCUT2D eigenvalue weighted by Gasteiger charge is -2.05. The second-order valence-corrected chi connectivity index (χ2v) is 3.90. The maximum atomic E-state index is 5.73. The van der Waals surface area contributed by atoms with Gasteiger partial charge in [0.15, 0.2) is 0 Å². The standard InChI is InChI=1S/C8H12ClN3S/c1-13-3-2-11-8-5-6(10)4-7(9)12-8/h4-5H,2-3H2,1H3,(H3,10,11,12). The SMILES string of the molecule is CSCCNc1cc(N)cc(Cl)n1. The van der Waals surface area contributed by atoms with E-state index in [-0.39, 0.29) is 0 Å². The molecule has 0 aliphatic carbocycles. The first kappa shape index (κ1) is 10.5. The van der Waals surface area contributed by atoms with Crippen LogP contribution in [-0.4, -0.2) is 23.5 Å². The summed E-state index contributed by atoms with van der Waals surface area (Å²) in [4.78, 5) is 4.07. The first-order valence-electron chi connectivity index (χ1n) is 3.88. The van der Waals surface area contributed by atoms with Crippen LogP contribution in [0.25, 0.3) is 0 Å². The van der Waals surface area contributed by atoms with Gasteiger partial charge in [0, 0.05) is 24.1 Å². The summed E-state index contributed by atoms with van der Waals surface area (Å²) < 4.78 is 0. The molecule has 0 aromatic carbocycles. The van der Waals surface area contributed by atoms with E-state index in [1.165, 1.54) is 0 Å². The Morgan fingerprint density at radius 1 is 1.62 bits per heavy atom. The third kappa shape index (κ3) is 3.74. The number of hydrogen-bond acceptors (Lipinski definition) is 4. The number of nitrogens with two attached hydrogens (primary N) is 1. The third-order valence-corrected chi connectivity index (χ3v) is 2.23. The van der Waals surface area contributed by atoms with Crippen LogP contribution in [0.2, 0.25) is 5.15 Å². The maximum Gasteiger partial charge on any atom is 0.133 e. The summed E-state index contributed by atoms with van der Waals surface area (Å²) in [5.74, 6) is 1.77. The summed E-state index contributed by atoms with van der Waals surface area (Å²) in [6, 6.07) is 3.40. The van der Waals surface area contributed by atoms with Gasteiger partial charge < -0.3 is 11.1 Å². The Labute approximate surface area is 87.1 Å². The van der Waals surface area contributed by atoms with Crippen molar-refractivity contribution in [1.82, 2.24) is 4.98 Å². The van der Waals surface area contributed by atoms with Crippen LogP contribution in [0.3, 0.4) is 0 Å². The molecule has 1 aromatic rings. The Kier molecular flexibility index (Phi) is 4.18. The van der Waals surface area contributed by atoms with E-state index in [1.807, 2.05) is 0 Å². The highest BCUT2D eigenvalue weighted by Gasteiger charge is 1.97. The summed E-state index contributed by atoms with van der Waals surface area (Å²) in [6.45, 7) is 0.869. The number of rotatable bonds is 4. The zero-order valence-electron chi connectivity index (χ0n) is 7.38. The van der Waals surface area contributed by atoms with Gasteiger partial charge in [-0.1, -0.05) is 11.6 Å². The Morgan fingerprint density at radius 2 is 2.38 bits per heavy atom. The molecule has 0 aliphatic heterocycles. The van der Waals surface area contributed by atoms with Crippen molar-refractivity contribution in [2.24, 2.45) is 0 Å². The predicted octanol–water partition coefficient (Wildman–Crippen LogP) is 2.09. The van der Waals surface area contributed by atoms with Crippen molar-refractivity contribution in [2.45, 2.75) is 0 Å². The van der Waals surface area contributed by atoms with Gasteiger partial charge in [0.05, 0.1) is 0 Å². The number of nitrogen functional groups attached to an aromatic ring is 1. The molecule has 0 atom stereocenters. The molecule has 0 saturated carbocycles. The number of nitrogens with zero attached hydrogens (tertiary/aromatic N) is 1. The summed E-state index contributed by atoms with van der Waals surface area (Å²) in [6.07, 6.45) is 2.06. The highest BCUT2D eigenvalue weighted by Crippen LogP contribution is 2.15. The zero-order valence-corrected chi connectivity index (χ0v) is 8.95. The molecule has 0 saturated heterocycles. The molecular weight excluding hydrogens is 206 g/mol. The van der Waals surface area contributed by atoms with Crippen molar-refractivity contribution < 1.29 is 0 Å². The van der Waals surface area contributed by atoms with Crippen LogP contribution in [0.4, 0.5) is 11.5 Å². The molecule has 0 aliphatic rings. The summed E-state index contributed by atoms with van der Waals surface area (Å²) in [5, 5.41) is 3.55. The second-order valence-electron chi connectivity index (χ2n) is 2.53. The van der Waals surface area contributed by atoms with Crippen LogP contribution in [0, 0.1) is 0 Å². The zero-order chi connectivity index (χ0) is 9.68. The first-order valence-corrected chi connectivity index (χ1v) is 5.65. The molecule has 0 radical (unpaired) electrons. The van der Waals surface area contributed by atoms with E-state index in [2.05, 4.69) is 16.6 Å². The van der Waals surface area contributed by atoms with Crippen molar-refractivity contribution in [3.63, 3.8) is 0 Å². The van der Waals surface area contributed by atoms with Gasteiger partial charge in [0.2, 0.25) is 0 Å². The molecule has 1 aromatic heterocycles. The number of pyridine rings is 1. The minimum absolute atomic E-state index is 0.423. The van der Waals surface area contributed by atoms with Gasteiger partial charge in [-0.05, 0) is 12.3 Å². The first-order chi connectivity index (χ1) is 6.22. The van der Waals surface area contributed by atoms with Gasteiger partial charge in [-0.25, -0.2) is 4.98 Å². The molecular formula is C8H12ClN3S. The average molecular weight is 218 g/mol. The van der Waals surface area contributed by atoms with Crippen molar-refractivity contribution in [2.75, 3.05) is 29.6 Å². The van der Waals surface area contributed by atoms with E-state index in [0.717, 1.165) is 18.1 Å². The Morgan fingerprint density at radius 3 is 3.00 bits per heavy atom. The normalized spacial score (nSPS) is 10.0. The van der Waals surface area contributed by atoms with Crippen LogP contribution < -0.4 is 11.1 Å². The topological polar surface area (TPSA) is 50.9 Å². The molecule has 0 fully saturated rings. The molecule has 0 amide bonds. The van der Waals surface area contributed by atoms with E-state index in [1.54, 1.807) is 23.9 Å². The molecule has 0 unspecified atom stereocenters. The molecule has 0 spiro atoms. The summed E-state index contributed by atoms with van der Waals surface area (Å²) in [5.41, 5.74) is 6.23. The van der Waals surface area contributed by atoms with Gasteiger partial charge in [-0.3, -0.25) is 0 Å². The van der Waals surface area contributed by atoms with Crippen molar-refractivity contribution in [3.05, 3.63) is 17.3 Å². The average Bonchev–Trinajstić information content (AvgIpc) is 2.03.